The van der Waals surface area contributed by atoms with E-state index in [1.807, 2.05) is 6.07 Å². The second-order valence-corrected chi connectivity index (χ2v) is 6.55. The Morgan fingerprint density at radius 1 is 1.39 bits per heavy atom. The van der Waals surface area contributed by atoms with Gasteiger partial charge >= 0.3 is 0 Å². The minimum Gasteiger partial charge on any atom is -0.481 e. The molecule has 3 atom stereocenters. The lowest BCUT2D eigenvalue weighted by atomic mass is 9.89. The van der Waals surface area contributed by atoms with Crippen molar-refractivity contribution in [3.63, 3.8) is 0 Å². The summed E-state index contributed by atoms with van der Waals surface area (Å²) in [6.45, 7) is 1.41. The summed E-state index contributed by atoms with van der Waals surface area (Å²) in [7, 11) is 1.59. The number of amides is 1. The Labute approximate surface area is 135 Å². The molecule has 4 rings (SSSR count). The van der Waals surface area contributed by atoms with Crippen molar-refractivity contribution in [1.29, 1.82) is 0 Å². The van der Waals surface area contributed by atoms with Gasteiger partial charge in [-0.1, -0.05) is 0 Å². The van der Waals surface area contributed by atoms with Gasteiger partial charge in [0, 0.05) is 25.3 Å². The Morgan fingerprint density at radius 2 is 2.26 bits per heavy atom. The normalized spacial score (nSPS) is 30.0. The molecule has 0 radical (unpaired) electrons. The number of nitrogens with one attached hydrogen (secondary N) is 1. The van der Waals surface area contributed by atoms with Crippen molar-refractivity contribution in [2.45, 2.75) is 43.9 Å². The van der Waals surface area contributed by atoms with Crippen LogP contribution < -0.4 is 15.0 Å². The highest BCUT2D eigenvalue weighted by Crippen LogP contribution is 2.35. The summed E-state index contributed by atoms with van der Waals surface area (Å²) in [6.07, 6.45) is 5.57. The molecule has 23 heavy (non-hydrogen) atoms. The molecule has 3 heterocycles. The fourth-order valence-corrected chi connectivity index (χ4v) is 3.55. The van der Waals surface area contributed by atoms with Crippen molar-refractivity contribution in [2.24, 2.45) is 5.92 Å². The van der Waals surface area contributed by atoms with Crippen LogP contribution in [0.2, 0.25) is 0 Å². The van der Waals surface area contributed by atoms with Gasteiger partial charge in [-0.2, -0.15) is 0 Å². The van der Waals surface area contributed by atoms with Gasteiger partial charge in [0.2, 0.25) is 11.8 Å². The number of nitrogens with zero attached hydrogens (tertiary/aromatic N) is 3. The first-order valence-corrected chi connectivity index (χ1v) is 8.29. The molecule has 7 heteroatoms. The second-order valence-electron chi connectivity index (χ2n) is 6.55. The summed E-state index contributed by atoms with van der Waals surface area (Å²) in [4.78, 5) is 23.1. The van der Waals surface area contributed by atoms with Crippen LogP contribution in [-0.2, 0) is 9.53 Å². The highest BCUT2D eigenvalue weighted by molar-refractivity contribution is 5.80. The number of ether oxygens (including phenoxy) is 2. The zero-order valence-corrected chi connectivity index (χ0v) is 13.3. The molecular formula is C16H22N4O3. The number of aromatic nitrogens is 2. The lowest BCUT2D eigenvalue weighted by molar-refractivity contribution is -0.126. The van der Waals surface area contributed by atoms with E-state index in [1.165, 1.54) is 6.33 Å². The summed E-state index contributed by atoms with van der Waals surface area (Å²) in [5, 5.41) is 3.12. The highest BCUT2D eigenvalue weighted by Gasteiger charge is 2.43. The lowest BCUT2D eigenvalue weighted by Gasteiger charge is -2.41. The van der Waals surface area contributed by atoms with Gasteiger partial charge in [0.25, 0.3) is 0 Å². The van der Waals surface area contributed by atoms with Gasteiger partial charge in [0.05, 0.1) is 25.2 Å². The van der Waals surface area contributed by atoms with Crippen LogP contribution in [0.15, 0.2) is 12.4 Å². The number of fused-ring (bicyclic) bond motifs is 1. The molecule has 1 aliphatic carbocycles. The zero-order valence-electron chi connectivity index (χ0n) is 13.3. The van der Waals surface area contributed by atoms with Crippen molar-refractivity contribution >= 4 is 11.7 Å². The maximum absolute atomic E-state index is 12.5. The smallest absolute Gasteiger partial charge is 0.225 e. The number of methoxy groups -OCH3 is 1. The van der Waals surface area contributed by atoms with Gasteiger partial charge in [-0.15, -0.1) is 0 Å². The fourth-order valence-electron chi connectivity index (χ4n) is 3.55. The number of rotatable bonds is 4. The minimum absolute atomic E-state index is 0.0593. The molecule has 1 N–H and O–H groups in total. The van der Waals surface area contributed by atoms with Crippen LogP contribution in [0.1, 0.15) is 25.7 Å². The first kappa shape index (κ1) is 14.7. The van der Waals surface area contributed by atoms with E-state index in [4.69, 9.17) is 9.47 Å². The van der Waals surface area contributed by atoms with E-state index in [-0.39, 0.29) is 24.0 Å². The fraction of sp³-hybridized carbons (Fsp3) is 0.688. The van der Waals surface area contributed by atoms with Crippen molar-refractivity contribution in [2.75, 3.05) is 25.2 Å². The first-order chi connectivity index (χ1) is 11.2. The molecule has 2 aliphatic heterocycles. The summed E-state index contributed by atoms with van der Waals surface area (Å²) in [5.41, 5.74) is 0. The van der Waals surface area contributed by atoms with Crippen molar-refractivity contribution in [3.05, 3.63) is 12.4 Å². The van der Waals surface area contributed by atoms with E-state index in [1.54, 1.807) is 7.11 Å². The molecule has 1 aromatic heterocycles. The molecule has 0 bridgehead atoms. The van der Waals surface area contributed by atoms with E-state index in [9.17, 15) is 4.79 Å². The summed E-state index contributed by atoms with van der Waals surface area (Å²) < 4.78 is 11.1. The molecular weight excluding hydrogens is 296 g/mol. The Balaban J connectivity index is 1.56. The first-order valence-electron chi connectivity index (χ1n) is 8.29. The Hall–Kier alpha value is -1.89. The molecule has 0 spiro atoms. The number of anilines is 1. The average Bonchev–Trinajstić information content (AvgIpc) is 3.27. The minimum atomic E-state index is -0.0593. The molecule has 3 aliphatic rings. The molecule has 124 valence electrons. The van der Waals surface area contributed by atoms with E-state index >= 15 is 0 Å². The topological polar surface area (TPSA) is 76.6 Å². The van der Waals surface area contributed by atoms with Crippen LogP contribution in [-0.4, -0.2) is 54.3 Å². The number of piperidine rings is 1. The van der Waals surface area contributed by atoms with Gasteiger partial charge in [0.15, 0.2) is 0 Å². The van der Waals surface area contributed by atoms with E-state index in [0.29, 0.717) is 18.5 Å². The highest BCUT2D eigenvalue weighted by atomic mass is 16.5. The van der Waals surface area contributed by atoms with E-state index < -0.39 is 0 Å². The number of hydrogen-bond acceptors (Lipinski definition) is 6. The third-order valence-corrected chi connectivity index (χ3v) is 4.93. The van der Waals surface area contributed by atoms with Crippen LogP contribution in [0.3, 0.4) is 0 Å². The van der Waals surface area contributed by atoms with Crippen molar-refractivity contribution < 1.29 is 14.3 Å². The third-order valence-electron chi connectivity index (χ3n) is 4.93. The van der Waals surface area contributed by atoms with Crippen LogP contribution >= 0.6 is 0 Å². The summed E-state index contributed by atoms with van der Waals surface area (Å²) >= 11 is 0. The summed E-state index contributed by atoms with van der Waals surface area (Å²) in [5.74, 6) is 1.43. The van der Waals surface area contributed by atoms with Gasteiger partial charge in [-0.05, 0) is 25.7 Å². The van der Waals surface area contributed by atoms with Crippen LogP contribution in [0.25, 0.3) is 0 Å². The zero-order chi connectivity index (χ0) is 15.8. The average molecular weight is 318 g/mol. The van der Waals surface area contributed by atoms with Gasteiger partial charge in [-0.3, -0.25) is 4.79 Å². The Morgan fingerprint density at radius 3 is 3.04 bits per heavy atom. The number of hydrogen-bond donors (Lipinski definition) is 1. The van der Waals surface area contributed by atoms with Crippen molar-refractivity contribution in [1.82, 2.24) is 15.3 Å². The lowest BCUT2D eigenvalue weighted by Crippen LogP contribution is -2.53. The van der Waals surface area contributed by atoms with Gasteiger partial charge < -0.3 is 19.7 Å². The third kappa shape index (κ3) is 2.97. The maximum atomic E-state index is 12.5. The molecule has 1 amide bonds. The number of carbonyl (C=O) groups excluding carboxylic acids is 1. The predicted molar refractivity (Wildman–Crippen MR) is 83.3 cm³/mol. The van der Waals surface area contributed by atoms with Crippen LogP contribution in [0.5, 0.6) is 5.88 Å². The van der Waals surface area contributed by atoms with E-state index in [0.717, 1.165) is 38.1 Å². The molecule has 0 aromatic carbocycles. The molecule has 3 fully saturated rings. The largest absolute Gasteiger partial charge is 0.481 e. The summed E-state index contributed by atoms with van der Waals surface area (Å²) in [6, 6.07) is 2.49. The SMILES string of the molecule is COc1cc(N2C[C@H](C(=O)NC3CC3)C[C@@H]3OCC[C@@H]32)ncn1. The quantitative estimate of drug-likeness (QED) is 0.883. The molecule has 7 nitrogen and oxygen atoms in total. The second kappa shape index (κ2) is 5.96. The Kier molecular flexibility index (Phi) is 3.80. The molecule has 0 unspecified atom stereocenters. The van der Waals surface area contributed by atoms with Gasteiger partial charge in [-0.25, -0.2) is 9.97 Å². The van der Waals surface area contributed by atoms with Crippen molar-refractivity contribution in [3.8, 4) is 5.88 Å². The van der Waals surface area contributed by atoms with E-state index in [2.05, 4.69) is 20.2 Å². The standard InChI is InChI=1S/C16H22N4O3/c1-22-15-7-14(17-9-18-15)20-8-10(16(21)19-11-2-3-11)6-13-12(20)4-5-23-13/h7,9-13H,2-6,8H2,1H3,(H,19,21)/t10-,12+,13+/m1/s1. The predicted octanol–water partition coefficient (Wildman–Crippen LogP) is 0.748. The maximum Gasteiger partial charge on any atom is 0.225 e. The van der Waals surface area contributed by atoms with Gasteiger partial charge in [0.1, 0.15) is 12.1 Å². The molecule has 2 saturated heterocycles. The number of carbonyl (C=O) groups is 1. The Bertz CT molecular complexity index is 592. The van der Waals surface area contributed by atoms with Crippen LogP contribution in [0, 0.1) is 5.92 Å². The molecule has 1 aromatic rings. The molecule has 1 saturated carbocycles. The monoisotopic (exact) mass is 318 g/mol. The van der Waals surface area contributed by atoms with Crippen LogP contribution in [0.4, 0.5) is 5.82 Å².